The summed E-state index contributed by atoms with van der Waals surface area (Å²) in [5, 5.41) is 9.51. The van der Waals surface area contributed by atoms with Gasteiger partial charge in [-0.15, -0.1) is 0 Å². The van der Waals surface area contributed by atoms with E-state index in [1.807, 2.05) is 32.0 Å². The van der Waals surface area contributed by atoms with E-state index in [2.05, 4.69) is 20.8 Å². The minimum atomic E-state index is -0.278. The lowest BCUT2D eigenvalue weighted by Gasteiger charge is -2.07. The van der Waals surface area contributed by atoms with Crippen molar-refractivity contribution in [2.24, 2.45) is 0 Å². The highest BCUT2D eigenvalue weighted by Crippen LogP contribution is 2.21. The fourth-order valence-electron chi connectivity index (χ4n) is 2.60. The molecule has 0 aliphatic heterocycles. The molecule has 0 saturated carbocycles. The zero-order valence-corrected chi connectivity index (χ0v) is 14.0. The highest BCUT2D eigenvalue weighted by molar-refractivity contribution is 5.90. The molecular formula is C17H20N4O3. The maximum absolute atomic E-state index is 12.1. The predicted molar refractivity (Wildman–Crippen MR) is 90.1 cm³/mol. The first-order chi connectivity index (χ1) is 11.6. The Hall–Kier alpha value is -2.83. The van der Waals surface area contributed by atoms with Crippen molar-refractivity contribution in [1.29, 1.82) is 0 Å². The molecule has 0 bridgehead atoms. The fraction of sp³-hybridized carbons (Fsp3) is 0.353. The van der Waals surface area contributed by atoms with Crippen LogP contribution in [0.4, 0.5) is 10.5 Å². The lowest BCUT2D eigenvalue weighted by atomic mass is 10.1. The lowest BCUT2D eigenvalue weighted by Crippen LogP contribution is -2.30. The van der Waals surface area contributed by atoms with E-state index in [0.29, 0.717) is 42.4 Å². The topological polar surface area (TPSA) is 93.2 Å². The summed E-state index contributed by atoms with van der Waals surface area (Å²) in [4.78, 5) is 16.5. The number of rotatable bonds is 5. The molecule has 0 aliphatic rings. The predicted octanol–water partition coefficient (Wildman–Crippen LogP) is 3.36. The van der Waals surface area contributed by atoms with Gasteiger partial charge in [0, 0.05) is 19.9 Å². The average molecular weight is 328 g/mol. The summed E-state index contributed by atoms with van der Waals surface area (Å²) in [5.74, 6) is 1.31. The van der Waals surface area contributed by atoms with Crippen molar-refractivity contribution in [1.82, 2.24) is 15.5 Å². The molecule has 0 saturated heterocycles. The monoisotopic (exact) mass is 328 g/mol. The van der Waals surface area contributed by atoms with Gasteiger partial charge in [-0.1, -0.05) is 24.2 Å². The van der Waals surface area contributed by atoms with Crippen LogP contribution in [0.25, 0.3) is 11.1 Å². The Labute approximate surface area is 139 Å². The smallest absolute Gasteiger partial charge is 0.319 e. The molecule has 2 amide bonds. The van der Waals surface area contributed by atoms with Gasteiger partial charge in [0.1, 0.15) is 16.9 Å². The maximum atomic E-state index is 12.1. The SMILES string of the molecule is CCc1onc(C)c1NC(=O)NCCc1cccc2oc(C)nc12. The second kappa shape index (κ2) is 6.74. The standard InChI is InChI=1S/C17H20N4O3/c1-4-13-15(10(2)21-24-13)20-17(22)18-9-8-12-6-5-7-14-16(12)19-11(3)23-14/h5-7H,4,8-9H2,1-3H3,(H2,18,20,22). The third-order valence-electron chi connectivity index (χ3n) is 3.78. The van der Waals surface area contributed by atoms with E-state index >= 15 is 0 Å². The van der Waals surface area contributed by atoms with Gasteiger partial charge in [0.05, 0.1) is 0 Å². The summed E-state index contributed by atoms with van der Waals surface area (Å²) in [6.07, 6.45) is 1.34. The number of carbonyl (C=O) groups is 1. The quantitative estimate of drug-likeness (QED) is 0.749. The number of carbonyl (C=O) groups excluding carboxylic acids is 1. The molecule has 0 spiro atoms. The lowest BCUT2D eigenvalue weighted by molar-refractivity contribution is 0.252. The van der Waals surface area contributed by atoms with Crippen LogP contribution >= 0.6 is 0 Å². The number of aromatic nitrogens is 2. The summed E-state index contributed by atoms with van der Waals surface area (Å²) in [5.41, 5.74) is 3.97. The molecule has 2 N–H and O–H groups in total. The van der Waals surface area contributed by atoms with Crippen LogP contribution in [-0.2, 0) is 12.8 Å². The highest BCUT2D eigenvalue weighted by atomic mass is 16.5. The molecule has 24 heavy (non-hydrogen) atoms. The van der Waals surface area contributed by atoms with Gasteiger partial charge in [-0.25, -0.2) is 9.78 Å². The van der Waals surface area contributed by atoms with E-state index < -0.39 is 0 Å². The summed E-state index contributed by atoms with van der Waals surface area (Å²) in [6, 6.07) is 5.53. The molecule has 3 aromatic rings. The average Bonchev–Trinajstić information content (AvgIpc) is 3.10. The van der Waals surface area contributed by atoms with E-state index in [0.717, 1.165) is 16.7 Å². The number of anilines is 1. The molecule has 7 nitrogen and oxygen atoms in total. The maximum Gasteiger partial charge on any atom is 0.319 e. The Morgan fingerprint density at radius 1 is 1.29 bits per heavy atom. The second-order valence-corrected chi connectivity index (χ2v) is 5.55. The molecule has 0 radical (unpaired) electrons. The number of fused-ring (bicyclic) bond motifs is 1. The number of urea groups is 1. The summed E-state index contributed by atoms with van der Waals surface area (Å²) in [6.45, 7) is 6.06. The number of benzene rings is 1. The van der Waals surface area contributed by atoms with Crippen molar-refractivity contribution in [2.45, 2.75) is 33.6 Å². The molecule has 7 heteroatoms. The van der Waals surface area contributed by atoms with Gasteiger partial charge in [-0.05, 0) is 25.0 Å². The van der Waals surface area contributed by atoms with E-state index in [-0.39, 0.29) is 6.03 Å². The minimum Gasteiger partial charge on any atom is -0.441 e. The van der Waals surface area contributed by atoms with Crippen molar-refractivity contribution < 1.29 is 13.7 Å². The van der Waals surface area contributed by atoms with Crippen molar-refractivity contribution in [3.8, 4) is 0 Å². The first kappa shape index (κ1) is 16.0. The van der Waals surface area contributed by atoms with Gasteiger partial charge in [0.15, 0.2) is 17.2 Å². The largest absolute Gasteiger partial charge is 0.441 e. The first-order valence-corrected chi connectivity index (χ1v) is 7.93. The van der Waals surface area contributed by atoms with Gasteiger partial charge in [-0.3, -0.25) is 0 Å². The van der Waals surface area contributed by atoms with Crippen LogP contribution in [-0.4, -0.2) is 22.7 Å². The van der Waals surface area contributed by atoms with Gasteiger partial charge >= 0.3 is 6.03 Å². The van der Waals surface area contributed by atoms with Crippen LogP contribution in [0.3, 0.4) is 0 Å². The summed E-state index contributed by atoms with van der Waals surface area (Å²) < 4.78 is 10.7. The van der Waals surface area contributed by atoms with Gasteiger partial charge < -0.3 is 19.6 Å². The summed E-state index contributed by atoms with van der Waals surface area (Å²) >= 11 is 0. The third kappa shape index (κ3) is 3.24. The van der Waals surface area contributed by atoms with Gasteiger partial charge in [0.2, 0.25) is 0 Å². The van der Waals surface area contributed by atoms with E-state index in [1.54, 1.807) is 6.92 Å². The summed E-state index contributed by atoms with van der Waals surface area (Å²) in [7, 11) is 0. The van der Waals surface area contributed by atoms with Crippen LogP contribution in [0.15, 0.2) is 27.1 Å². The molecule has 0 unspecified atom stereocenters. The third-order valence-corrected chi connectivity index (χ3v) is 3.78. The normalized spacial score (nSPS) is 11.0. The molecule has 0 atom stereocenters. The number of nitrogens with zero attached hydrogens (tertiary/aromatic N) is 2. The minimum absolute atomic E-state index is 0.278. The molecule has 2 aromatic heterocycles. The molecule has 0 aliphatic carbocycles. The van der Waals surface area contributed by atoms with E-state index in [4.69, 9.17) is 8.94 Å². The number of nitrogens with one attached hydrogen (secondary N) is 2. The van der Waals surface area contributed by atoms with Gasteiger partial charge in [-0.2, -0.15) is 0 Å². The molecule has 2 heterocycles. The van der Waals surface area contributed by atoms with Crippen molar-refractivity contribution >= 4 is 22.8 Å². The molecule has 3 rings (SSSR count). The number of para-hydroxylation sites is 1. The number of oxazole rings is 1. The first-order valence-electron chi connectivity index (χ1n) is 7.93. The van der Waals surface area contributed by atoms with Crippen molar-refractivity contribution in [3.05, 3.63) is 41.1 Å². The number of hydrogen-bond donors (Lipinski definition) is 2. The van der Waals surface area contributed by atoms with Crippen LogP contribution in [0.5, 0.6) is 0 Å². The fourth-order valence-corrected chi connectivity index (χ4v) is 2.60. The Morgan fingerprint density at radius 2 is 2.12 bits per heavy atom. The van der Waals surface area contributed by atoms with Crippen LogP contribution < -0.4 is 10.6 Å². The van der Waals surface area contributed by atoms with Gasteiger partial charge in [0.25, 0.3) is 0 Å². The zero-order valence-electron chi connectivity index (χ0n) is 14.0. The second-order valence-electron chi connectivity index (χ2n) is 5.55. The zero-order chi connectivity index (χ0) is 17.1. The van der Waals surface area contributed by atoms with Crippen molar-refractivity contribution in [3.63, 3.8) is 0 Å². The Kier molecular flexibility index (Phi) is 4.50. The Bertz CT molecular complexity index is 866. The molecule has 1 aromatic carbocycles. The Morgan fingerprint density at radius 3 is 2.92 bits per heavy atom. The van der Waals surface area contributed by atoms with E-state index in [1.165, 1.54) is 0 Å². The van der Waals surface area contributed by atoms with Crippen LogP contribution in [0, 0.1) is 13.8 Å². The van der Waals surface area contributed by atoms with Crippen molar-refractivity contribution in [2.75, 3.05) is 11.9 Å². The number of hydrogen-bond acceptors (Lipinski definition) is 5. The van der Waals surface area contributed by atoms with E-state index in [9.17, 15) is 4.79 Å². The highest BCUT2D eigenvalue weighted by Gasteiger charge is 2.14. The molecule has 0 fully saturated rings. The Balaban J connectivity index is 1.59. The van der Waals surface area contributed by atoms with Crippen LogP contribution in [0.1, 0.15) is 29.8 Å². The molecular weight excluding hydrogens is 308 g/mol. The molecule has 126 valence electrons. The number of amides is 2. The number of aryl methyl sites for hydroxylation is 3. The van der Waals surface area contributed by atoms with Crippen LogP contribution in [0.2, 0.25) is 0 Å².